The molecule has 2 aromatic rings. The van der Waals surface area contributed by atoms with E-state index in [-0.39, 0.29) is 23.5 Å². The van der Waals surface area contributed by atoms with Crippen molar-refractivity contribution in [1.29, 1.82) is 0 Å². The second-order valence-corrected chi connectivity index (χ2v) is 9.12. The highest BCUT2D eigenvalue weighted by molar-refractivity contribution is 7.88. The lowest BCUT2D eigenvalue weighted by Crippen LogP contribution is -2.46. The quantitative estimate of drug-likeness (QED) is 0.840. The fourth-order valence-corrected chi connectivity index (χ4v) is 5.20. The molecule has 1 aromatic heterocycles. The van der Waals surface area contributed by atoms with Gasteiger partial charge < -0.3 is 5.32 Å². The molecule has 0 spiro atoms. The van der Waals surface area contributed by atoms with Gasteiger partial charge in [0.2, 0.25) is 10.0 Å². The average Bonchev–Trinajstić information content (AvgIpc) is 3.03. The highest BCUT2D eigenvalue weighted by atomic mass is 32.2. The molecule has 0 saturated carbocycles. The fourth-order valence-electron chi connectivity index (χ4n) is 2.93. The van der Waals surface area contributed by atoms with Gasteiger partial charge in [-0.15, -0.1) is 11.3 Å². The van der Waals surface area contributed by atoms with Gasteiger partial charge in [-0.1, -0.05) is 12.1 Å². The van der Waals surface area contributed by atoms with Crippen LogP contribution in [0.4, 0.5) is 4.39 Å². The number of benzene rings is 1. The molecule has 140 valence electrons. The molecule has 1 aromatic carbocycles. The summed E-state index contributed by atoms with van der Waals surface area (Å²) in [6, 6.07) is 5.43. The van der Waals surface area contributed by atoms with Crippen molar-refractivity contribution < 1.29 is 17.6 Å². The van der Waals surface area contributed by atoms with E-state index in [0.29, 0.717) is 42.1 Å². The van der Waals surface area contributed by atoms with Crippen molar-refractivity contribution in [2.75, 3.05) is 13.1 Å². The summed E-state index contributed by atoms with van der Waals surface area (Å²) in [6.45, 7) is 2.50. The molecule has 3 rings (SSSR count). The third-order valence-electron chi connectivity index (χ3n) is 4.40. The van der Waals surface area contributed by atoms with Gasteiger partial charge in [0.1, 0.15) is 10.7 Å². The van der Waals surface area contributed by atoms with Gasteiger partial charge in [0, 0.05) is 19.1 Å². The van der Waals surface area contributed by atoms with E-state index < -0.39 is 10.0 Å². The molecule has 26 heavy (non-hydrogen) atoms. The Labute approximate surface area is 156 Å². The van der Waals surface area contributed by atoms with E-state index in [1.165, 1.54) is 39.9 Å². The van der Waals surface area contributed by atoms with E-state index in [0.717, 1.165) is 0 Å². The topological polar surface area (TPSA) is 79.4 Å². The molecule has 6 nitrogen and oxygen atoms in total. The van der Waals surface area contributed by atoms with Gasteiger partial charge in [-0.05, 0) is 37.5 Å². The minimum Gasteiger partial charge on any atom is -0.348 e. The van der Waals surface area contributed by atoms with Gasteiger partial charge in [0.15, 0.2) is 0 Å². The monoisotopic (exact) mass is 397 g/mol. The Morgan fingerprint density at radius 2 is 1.96 bits per heavy atom. The lowest BCUT2D eigenvalue weighted by atomic mass is 10.1. The Morgan fingerprint density at radius 1 is 1.31 bits per heavy atom. The molecule has 2 heterocycles. The molecular weight excluding hydrogens is 377 g/mol. The summed E-state index contributed by atoms with van der Waals surface area (Å²) in [4.78, 5) is 16.9. The Kier molecular flexibility index (Phi) is 5.69. The van der Waals surface area contributed by atoms with Crippen molar-refractivity contribution in [3.63, 3.8) is 0 Å². The number of nitrogens with zero attached hydrogens (tertiary/aromatic N) is 2. The van der Waals surface area contributed by atoms with Crippen LogP contribution in [0.3, 0.4) is 0 Å². The van der Waals surface area contributed by atoms with Gasteiger partial charge in [0.05, 0.1) is 17.0 Å². The molecule has 0 radical (unpaired) electrons. The Hall–Kier alpha value is -1.84. The summed E-state index contributed by atoms with van der Waals surface area (Å²) < 4.78 is 39.5. The Balaban J connectivity index is 1.55. The van der Waals surface area contributed by atoms with Gasteiger partial charge in [-0.3, -0.25) is 4.79 Å². The zero-order valence-corrected chi connectivity index (χ0v) is 15.9. The van der Waals surface area contributed by atoms with Crippen LogP contribution in [0, 0.1) is 12.7 Å². The van der Waals surface area contributed by atoms with Gasteiger partial charge in [-0.25, -0.2) is 22.1 Å². The number of aromatic nitrogens is 1. The number of hydrogen-bond acceptors (Lipinski definition) is 5. The number of halogens is 1. The van der Waals surface area contributed by atoms with E-state index in [1.807, 2.05) is 0 Å². The number of piperidine rings is 1. The minimum absolute atomic E-state index is 0.0544. The largest absolute Gasteiger partial charge is 0.348 e. The summed E-state index contributed by atoms with van der Waals surface area (Å²) in [5.74, 6) is -0.693. The van der Waals surface area contributed by atoms with Gasteiger partial charge >= 0.3 is 0 Å². The Bertz CT molecular complexity index is 873. The van der Waals surface area contributed by atoms with Crippen molar-refractivity contribution in [3.05, 3.63) is 51.7 Å². The lowest BCUT2D eigenvalue weighted by Gasteiger charge is -2.31. The highest BCUT2D eigenvalue weighted by Crippen LogP contribution is 2.19. The van der Waals surface area contributed by atoms with Crippen LogP contribution in [0.15, 0.2) is 29.8 Å². The van der Waals surface area contributed by atoms with Gasteiger partial charge in [0.25, 0.3) is 5.91 Å². The zero-order valence-electron chi connectivity index (χ0n) is 14.3. The van der Waals surface area contributed by atoms with Crippen LogP contribution in [0.2, 0.25) is 0 Å². The first kappa shape index (κ1) is 18.9. The highest BCUT2D eigenvalue weighted by Gasteiger charge is 2.29. The SMILES string of the molecule is Cc1ncsc1C(=O)NC1CCN(S(=O)(=O)Cc2ccc(F)cc2)CC1. The van der Waals surface area contributed by atoms with E-state index in [9.17, 15) is 17.6 Å². The third-order valence-corrected chi connectivity index (χ3v) is 7.17. The summed E-state index contributed by atoms with van der Waals surface area (Å²) in [5, 5.41) is 2.96. The van der Waals surface area contributed by atoms with Crippen molar-refractivity contribution in [2.24, 2.45) is 0 Å². The van der Waals surface area contributed by atoms with Crippen LogP contribution in [0.25, 0.3) is 0 Å². The molecule has 1 saturated heterocycles. The number of carbonyl (C=O) groups is 1. The standard InChI is InChI=1S/C17H20FN3O3S2/c1-12-16(25-11-19-12)17(22)20-15-6-8-21(9-7-15)26(23,24)10-13-2-4-14(18)5-3-13/h2-5,11,15H,6-10H2,1H3,(H,20,22). The first-order valence-corrected chi connectivity index (χ1v) is 10.8. The first-order chi connectivity index (χ1) is 12.3. The predicted octanol–water partition coefficient (Wildman–Crippen LogP) is 2.31. The maximum atomic E-state index is 13.0. The second-order valence-electron chi connectivity index (χ2n) is 6.30. The first-order valence-electron chi connectivity index (χ1n) is 8.28. The van der Waals surface area contributed by atoms with Crippen molar-refractivity contribution >= 4 is 27.3 Å². The number of amides is 1. The van der Waals surface area contributed by atoms with E-state index >= 15 is 0 Å². The second kappa shape index (κ2) is 7.81. The van der Waals surface area contributed by atoms with E-state index in [2.05, 4.69) is 10.3 Å². The van der Waals surface area contributed by atoms with Crippen LogP contribution in [-0.2, 0) is 15.8 Å². The molecule has 9 heteroatoms. The van der Waals surface area contributed by atoms with Crippen LogP contribution < -0.4 is 5.32 Å². The summed E-state index contributed by atoms with van der Waals surface area (Å²) >= 11 is 1.30. The zero-order chi connectivity index (χ0) is 18.7. The number of nitrogens with one attached hydrogen (secondary N) is 1. The predicted molar refractivity (Wildman–Crippen MR) is 97.9 cm³/mol. The summed E-state index contributed by atoms with van der Waals surface area (Å²) in [6.07, 6.45) is 1.12. The normalized spacial score (nSPS) is 16.5. The molecular formula is C17H20FN3O3S2. The van der Waals surface area contributed by atoms with Crippen molar-refractivity contribution in [2.45, 2.75) is 31.6 Å². The van der Waals surface area contributed by atoms with Crippen LogP contribution in [0.1, 0.15) is 33.8 Å². The van der Waals surface area contributed by atoms with Crippen LogP contribution >= 0.6 is 11.3 Å². The molecule has 0 bridgehead atoms. The number of carbonyl (C=O) groups excluding carboxylic acids is 1. The van der Waals surface area contributed by atoms with Crippen LogP contribution in [-0.4, -0.2) is 42.7 Å². The number of rotatable bonds is 5. The van der Waals surface area contributed by atoms with Gasteiger partial charge in [-0.2, -0.15) is 0 Å². The van der Waals surface area contributed by atoms with E-state index in [4.69, 9.17) is 0 Å². The van der Waals surface area contributed by atoms with E-state index in [1.54, 1.807) is 12.4 Å². The van der Waals surface area contributed by atoms with Crippen molar-refractivity contribution in [3.8, 4) is 0 Å². The molecule has 1 N–H and O–H groups in total. The van der Waals surface area contributed by atoms with Crippen molar-refractivity contribution in [1.82, 2.24) is 14.6 Å². The molecule has 1 aliphatic rings. The number of thiazole rings is 1. The number of sulfonamides is 1. The fraction of sp³-hybridized carbons (Fsp3) is 0.412. The molecule has 1 aliphatic heterocycles. The number of aryl methyl sites for hydroxylation is 1. The summed E-state index contributed by atoms with van der Waals surface area (Å²) in [7, 11) is -3.46. The maximum absolute atomic E-state index is 13.0. The van der Waals surface area contributed by atoms with Crippen LogP contribution in [0.5, 0.6) is 0 Å². The molecule has 1 fully saturated rings. The third kappa shape index (κ3) is 4.46. The minimum atomic E-state index is -3.46. The molecule has 0 aliphatic carbocycles. The molecule has 0 unspecified atom stereocenters. The lowest BCUT2D eigenvalue weighted by molar-refractivity contribution is 0.0927. The molecule has 0 atom stereocenters. The maximum Gasteiger partial charge on any atom is 0.263 e. The summed E-state index contributed by atoms with van der Waals surface area (Å²) in [5.41, 5.74) is 2.89. The number of hydrogen-bond donors (Lipinski definition) is 1. The molecule has 1 amide bonds. The smallest absolute Gasteiger partial charge is 0.263 e. The Morgan fingerprint density at radius 3 is 2.54 bits per heavy atom. The average molecular weight is 397 g/mol.